The van der Waals surface area contributed by atoms with Crippen molar-refractivity contribution in [2.75, 3.05) is 26.4 Å². The zero-order chi connectivity index (χ0) is 53.1. The number of rotatable bonds is 55. The van der Waals surface area contributed by atoms with E-state index in [2.05, 4.69) is 111 Å². The third-order valence-electron chi connectivity index (χ3n) is 12.5. The smallest absolute Gasteiger partial charge is 0.462 e. The van der Waals surface area contributed by atoms with Crippen molar-refractivity contribution in [3.05, 3.63) is 97.2 Å². The Labute approximate surface area is 448 Å². The molecule has 0 aliphatic rings. The second kappa shape index (κ2) is 58.2. The van der Waals surface area contributed by atoms with Crippen LogP contribution in [-0.4, -0.2) is 49.3 Å². The maximum absolute atomic E-state index is 12.7. The van der Waals surface area contributed by atoms with Gasteiger partial charge in [-0.3, -0.25) is 18.6 Å². The van der Waals surface area contributed by atoms with Gasteiger partial charge in [-0.15, -0.1) is 0 Å². The lowest BCUT2D eigenvalue weighted by Crippen LogP contribution is -2.29. The van der Waals surface area contributed by atoms with E-state index in [4.69, 9.17) is 24.3 Å². The molecule has 0 aromatic rings. The van der Waals surface area contributed by atoms with Crippen LogP contribution in [0.4, 0.5) is 0 Å². The molecule has 3 N–H and O–H groups in total. The molecule has 10 heteroatoms. The lowest BCUT2D eigenvalue weighted by molar-refractivity contribution is -0.161. The van der Waals surface area contributed by atoms with Crippen LogP contribution in [-0.2, 0) is 32.7 Å². The number of carbonyl (C=O) groups excluding carboxylic acids is 2. The number of phosphoric acid groups is 1. The molecular weight excluding hydrogens is 930 g/mol. The lowest BCUT2D eigenvalue weighted by Gasteiger charge is -2.19. The molecule has 420 valence electrons. The van der Waals surface area contributed by atoms with Gasteiger partial charge in [-0.25, -0.2) is 4.57 Å². The minimum atomic E-state index is -4.39. The molecule has 0 amide bonds. The second-order valence-corrected chi connectivity index (χ2v) is 20.9. The molecule has 0 aromatic heterocycles. The molecule has 9 nitrogen and oxygen atoms in total. The molecule has 0 fully saturated rings. The van der Waals surface area contributed by atoms with E-state index in [-0.39, 0.29) is 38.6 Å². The van der Waals surface area contributed by atoms with Crippen LogP contribution in [0.25, 0.3) is 0 Å². The maximum atomic E-state index is 12.7. The van der Waals surface area contributed by atoms with Crippen LogP contribution in [0.5, 0.6) is 0 Å². The molecule has 0 spiro atoms. The maximum Gasteiger partial charge on any atom is 0.472 e. The molecule has 0 rings (SSSR count). The largest absolute Gasteiger partial charge is 0.472 e. The highest BCUT2D eigenvalue weighted by atomic mass is 31.2. The van der Waals surface area contributed by atoms with E-state index >= 15 is 0 Å². The SMILES string of the molecule is CC/C=C\C/C=C\C/C=C\C/C=C\C/C=C\C/C=C\CCCCCCCCCCCCCCC(=O)OC(COC(=O)CCCCCCCCCCC/C=C\C/C=C\CCCCCCC)COP(=O)(O)OCCN. The summed E-state index contributed by atoms with van der Waals surface area (Å²) >= 11 is 0. The first-order valence-corrected chi connectivity index (χ1v) is 31.2. The van der Waals surface area contributed by atoms with Crippen molar-refractivity contribution in [2.45, 2.75) is 264 Å². The van der Waals surface area contributed by atoms with Gasteiger partial charge in [-0.1, -0.05) is 246 Å². The molecule has 73 heavy (non-hydrogen) atoms. The molecule has 0 aromatic carbocycles. The van der Waals surface area contributed by atoms with Crippen LogP contribution in [0.15, 0.2) is 97.2 Å². The molecule has 0 saturated heterocycles. The molecule has 0 bridgehead atoms. The van der Waals surface area contributed by atoms with Gasteiger partial charge in [0.2, 0.25) is 0 Å². The van der Waals surface area contributed by atoms with Gasteiger partial charge in [0.15, 0.2) is 6.10 Å². The predicted octanol–water partition coefficient (Wildman–Crippen LogP) is 18.8. The first-order valence-electron chi connectivity index (χ1n) is 29.7. The summed E-state index contributed by atoms with van der Waals surface area (Å²) in [5.74, 6) is -0.834. The number of ether oxygens (including phenoxy) is 2. The van der Waals surface area contributed by atoms with Crippen LogP contribution in [0.2, 0.25) is 0 Å². The fourth-order valence-electron chi connectivity index (χ4n) is 8.08. The van der Waals surface area contributed by atoms with Crippen LogP contribution in [0.1, 0.15) is 258 Å². The highest BCUT2D eigenvalue weighted by Gasteiger charge is 2.26. The van der Waals surface area contributed by atoms with E-state index in [1.54, 1.807) is 0 Å². The van der Waals surface area contributed by atoms with E-state index < -0.39 is 26.5 Å². The number of nitrogens with two attached hydrogens (primary N) is 1. The number of unbranched alkanes of at least 4 members (excludes halogenated alkanes) is 26. The van der Waals surface area contributed by atoms with Gasteiger partial charge < -0.3 is 20.1 Å². The monoisotopic (exact) mass is 1040 g/mol. The van der Waals surface area contributed by atoms with Crippen LogP contribution in [0, 0.1) is 0 Å². The molecule has 0 heterocycles. The van der Waals surface area contributed by atoms with Gasteiger partial charge in [-0.05, 0) is 96.3 Å². The third-order valence-corrected chi connectivity index (χ3v) is 13.4. The molecular formula is C63H110NO8P. The number of allylic oxidation sites excluding steroid dienone is 16. The van der Waals surface area contributed by atoms with Crippen molar-refractivity contribution in [1.29, 1.82) is 0 Å². The first kappa shape index (κ1) is 69.9. The average molecular weight is 1040 g/mol. The molecule has 2 atom stereocenters. The van der Waals surface area contributed by atoms with Gasteiger partial charge in [-0.2, -0.15) is 0 Å². The van der Waals surface area contributed by atoms with Crippen LogP contribution in [0.3, 0.4) is 0 Å². The van der Waals surface area contributed by atoms with Crippen molar-refractivity contribution in [3.8, 4) is 0 Å². The van der Waals surface area contributed by atoms with Gasteiger partial charge in [0.1, 0.15) is 6.61 Å². The van der Waals surface area contributed by atoms with Gasteiger partial charge in [0.05, 0.1) is 13.2 Å². The van der Waals surface area contributed by atoms with Crippen molar-refractivity contribution < 1.29 is 37.6 Å². The second-order valence-electron chi connectivity index (χ2n) is 19.5. The Kier molecular flexibility index (Phi) is 55.7. The standard InChI is InChI=1S/C63H110NO8P/c1-3-5-7-9-11-13-15-17-19-21-23-25-26-27-28-29-30-31-32-33-34-36-38-40-42-44-46-48-50-52-54-56-63(66)72-61(60-71-73(67,68)70-58-57-64)59-69-62(65)55-53-51-49-47-45-43-41-39-37-35-24-22-20-18-16-14-12-10-8-6-4-2/h5,7,11,13,16-19,22-25,27-28,30-31,61H,3-4,6,8-10,12,14-15,20-21,26,29,32-60,64H2,1-2H3,(H,67,68)/b7-5-,13-11-,18-16-,19-17-,24-22-,25-23-,28-27-,31-30-. The van der Waals surface area contributed by atoms with Crippen molar-refractivity contribution in [2.24, 2.45) is 5.73 Å². The Hall–Kier alpha value is -3.07. The quantitative estimate of drug-likeness (QED) is 0.0264. The molecule has 2 unspecified atom stereocenters. The number of phosphoric ester groups is 1. The van der Waals surface area contributed by atoms with E-state index in [0.717, 1.165) is 89.9 Å². The molecule has 0 aliphatic heterocycles. The number of esters is 2. The van der Waals surface area contributed by atoms with Gasteiger partial charge >= 0.3 is 19.8 Å². The Morgan fingerprint density at radius 2 is 0.753 bits per heavy atom. The minimum absolute atomic E-state index is 0.0488. The number of carbonyl (C=O) groups is 2. The summed E-state index contributed by atoms with van der Waals surface area (Å²) in [6, 6.07) is 0. The predicted molar refractivity (Wildman–Crippen MR) is 312 cm³/mol. The highest BCUT2D eigenvalue weighted by molar-refractivity contribution is 7.47. The van der Waals surface area contributed by atoms with E-state index in [9.17, 15) is 19.0 Å². The summed E-state index contributed by atoms with van der Waals surface area (Å²) in [4.78, 5) is 35.2. The fraction of sp³-hybridized carbons (Fsp3) is 0.714. The van der Waals surface area contributed by atoms with Crippen molar-refractivity contribution >= 4 is 19.8 Å². The van der Waals surface area contributed by atoms with E-state index in [1.165, 1.54) is 135 Å². The fourth-order valence-corrected chi connectivity index (χ4v) is 8.85. The summed E-state index contributed by atoms with van der Waals surface area (Å²) in [5, 5.41) is 0. The summed E-state index contributed by atoms with van der Waals surface area (Å²) in [6.07, 6.45) is 77.4. The third kappa shape index (κ3) is 58.1. The van der Waals surface area contributed by atoms with Crippen molar-refractivity contribution in [3.63, 3.8) is 0 Å². The van der Waals surface area contributed by atoms with Gasteiger partial charge in [0, 0.05) is 19.4 Å². The highest BCUT2D eigenvalue weighted by Crippen LogP contribution is 2.43. The lowest BCUT2D eigenvalue weighted by atomic mass is 10.0. The van der Waals surface area contributed by atoms with Crippen LogP contribution >= 0.6 is 7.82 Å². The number of hydrogen-bond acceptors (Lipinski definition) is 8. The summed E-state index contributed by atoms with van der Waals surface area (Å²) in [6.45, 7) is 3.62. The topological polar surface area (TPSA) is 134 Å². The van der Waals surface area contributed by atoms with E-state index in [0.29, 0.717) is 6.42 Å². The normalized spacial score (nSPS) is 13.8. The van der Waals surface area contributed by atoms with Gasteiger partial charge in [0.25, 0.3) is 0 Å². The van der Waals surface area contributed by atoms with E-state index in [1.807, 2.05) is 0 Å². The molecule has 0 radical (unpaired) electrons. The average Bonchev–Trinajstić information content (AvgIpc) is 3.38. The van der Waals surface area contributed by atoms with Crippen molar-refractivity contribution in [1.82, 2.24) is 0 Å². The number of hydrogen-bond donors (Lipinski definition) is 2. The first-order chi connectivity index (χ1) is 35.8. The molecule has 0 aliphatic carbocycles. The Balaban J connectivity index is 3.98. The van der Waals surface area contributed by atoms with Crippen LogP contribution < -0.4 is 5.73 Å². The summed E-state index contributed by atoms with van der Waals surface area (Å²) < 4.78 is 33.1. The Morgan fingerprint density at radius 3 is 1.12 bits per heavy atom. The molecule has 0 saturated carbocycles. The zero-order valence-corrected chi connectivity index (χ0v) is 47.7. The zero-order valence-electron chi connectivity index (χ0n) is 46.8. The Bertz CT molecular complexity index is 1510. The Morgan fingerprint density at radius 1 is 0.425 bits per heavy atom. The minimum Gasteiger partial charge on any atom is -0.462 e. The summed E-state index contributed by atoms with van der Waals surface area (Å²) in [7, 11) is -4.39. The summed E-state index contributed by atoms with van der Waals surface area (Å²) in [5.41, 5.74) is 5.38.